The van der Waals surface area contributed by atoms with Gasteiger partial charge in [0.2, 0.25) is 0 Å². The monoisotopic (exact) mass is 246 g/mol. The van der Waals surface area contributed by atoms with E-state index in [1.54, 1.807) is 0 Å². The minimum Gasteiger partial charge on any atom is -0.416 e. The van der Waals surface area contributed by atoms with E-state index in [2.05, 4.69) is 45.7 Å². The van der Waals surface area contributed by atoms with Gasteiger partial charge in [-0.2, -0.15) is 0 Å². The molecule has 15 heavy (non-hydrogen) atoms. The zero-order valence-electron chi connectivity index (χ0n) is 10.6. The summed E-state index contributed by atoms with van der Waals surface area (Å²) in [6.45, 7) is 12.0. The Kier molecular flexibility index (Phi) is 6.59. The largest absolute Gasteiger partial charge is 0.416 e. The highest BCUT2D eigenvalue weighted by molar-refractivity contribution is 6.74. The van der Waals surface area contributed by atoms with Crippen molar-refractivity contribution in [3.8, 4) is 11.8 Å². The molecule has 0 amide bonds. The standard InChI is InChI=1S/C12H23ClOSi/c1-12(2,3)15(4,5)14-11-9-7-6-8-10-13/h8-11H2,1-5H3. The summed E-state index contributed by atoms with van der Waals surface area (Å²) in [4.78, 5) is 0. The van der Waals surface area contributed by atoms with Crippen molar-refractivity contribution >= 4 is 19.9 Å². The zero-order chi connectivity index (χ0) is 11.9. The highest BCUT2D eigenvalue weighted by Gasteiger charge is 2.36. The molecule has 0 aliphatic carbocycles. The summed E-state index contributed by atoms with van der Waals surface area (Å²) in [7, 11) is -1.57. The molecule has 1 nitrogen and oxygen atoms in total. The van der Waals surface area contributed by atoms with Crippen molar-refractivity contribution in [1.82, 2.24) is 0 Å². The van der Waals surface area contributed by atoms with Crippen molar-refractivity contribution in [2.75, 3.05) is 12.5 Å². The lowest BCUT2D eigenvalue weighted by atomic mass is 10.2. The maximum Gasteiger partial charge on any atom is 0.192 e. The van der Waals surface area contributed by atoms with Crippen LogP contribution in [0.15, 0.2) is 0 Å². The topological polar surface area (TPSA) is 9.23 Å². The molecular formula is C12H23ClOSi. The van der Waals surface area contributed by atoms with Gasteiger partial charge < -0.3 is 4.43 Å². The second-order valence-electron chi connectivity index (χ2n) is 5.15. The van der Waals surface area contributed by atoms with E-state index in [1.165, 1.54) is 0 Å². The maximum atomic E-state index is 5.98. The molecule has 0 atom stereocenters. The molecule has 0 fully saturated rings. The Morgan fingerprint density at radius 3 is 2.13 bits per heavy atom. The molecule has 0 heterocycles. The first-order valence-electron chi connectivity index (χ1n) is 5.47. The van der Waals surface area contributed by atoms with Crippen LogP contribution in [-0.4, -0.2) is 20.8 Å². The fourth-order valence-corrected chi connectivity index (χ4v) is 1.94. The highest BCUT2D eigenvalue weighted by atomic mass is 35.5. The summed E-state index contributed by atoms with van der Waals surface area (Å²) in [5, 5.41) is 0.288. The molecule has 0 saturated carbocycles. The molecule has 0 aromatic carbocycles. The molecule has 0 aromatic heterocycles. The summed E-state index contributed by atoms with van der Waals surface area (Å²) >= 11 is 5.52. The molecule has 0 N–H and O–H groups in total. The number of halogens is 1. The van der Waals surface area contributed by atoms with E-state index in [4.69, 9.17) is 16.0 Å². The van der Waals surface area contributed by atoms with Crippen molar-refractivity contribution in [2.45, 2.75) is 51.7 Å². The van der Waals surface area contributed by atoms with Gasteiger partial charge in [-0.25, -0.2) is 0 Å². The first-order valence-corrected chi connectivity index (χ1v) is 8.91. The minimum absolute atomic E-state index is 0.288. The van der Waals surface area contributed by atoms with Gasteiger partial charge in [0.25, 0.3) is 0 Å². The van der Waals surface area contributed by atoms with Gasteiger partial charge >= 0.3 is 0 Å². The van der Waals surface area contributed by atoms with Crippen LogP contribution >= 0.6 is 11.6 Å². The van der Waals surface area contributed by atoms with Gasteiger partial charge in [-0.05, 0) is 18.1 Å². The van der Waals surface area contributed by atoms with Gasteiger partial charge in [-0.3, -0.25) is 0 Å². The second kappa shape index (κ2) is 6.58. The molecule has 0 saturated heterocycles. The van der Waals surface area contributed by atoms with Gasteiger partial charge in [0.1, 0.15) is 0 Å². The summed E-state index contributed by atoms with van der Waals surface area (Å²) in [6, 6.07) is 0. The van der Waals surface area contributed by atoms with Crippen LogP contribution in [-0.2, 0) is 4.43 Å². The Balaban J connectivity index is 3.83. The van der Waals surface area contributed by atoms with Crippen LogP contribution in [0.4, 0.5) is 0 Å². The smallest absolute Gasteiger partial charge is 0.192 e. The number of hydrogen-bond acceptors (Lipinski definition) is 1. The van der Waals surface area contributed by atoms with Gasteiger partial charge in [0.15, 0.2) is 8.32 Å². The van der Waals surface area contributed by atoms with Crippen LogP contribution in [0.2, 0.25) is 18.1 Å². The lowest BCUT2D eigenvalue weighted by Gasteiger charge is -2.35. The molecule has 0 unspecified atom stereocenters. The van der Waals surface area contributed by atoms with Crippen LogP contribution in [0.1, 0.15) is 33.6 Å². The van der Waals surface area contributed by atoms with Crippen LogP contribution in [0.25, 0.3) is 0 Å². The van der Waals surface area contributed by atoms with Gasteiger partial charge in [0, 0.05) is 25.3 Å². The number of alkyl halides is 1. The lowest BCUT2D eigenvalue weighted by molar-refractivity contribution is 0.296. The van der Waals surface area contributed by atoms with Gasteiger partial charge in [0.05, 0.1) is 0 Å². The fourth-order valence-electron chi connectivity index (χ4n) is 0.798. The Morgan fingerprint density at radius 1 is 1.13 bits per heavy atom. The molecule has 0 aliphatic rings. The van der Waals surface area contributed by atoms with Crippen molar-refractivity contribution in [3.63, 3.8) is 0 Å². The summed E-state index contributed by atoms with van der Waals surface area (Å²) in [5.41, 5.74) is 0. The molecule has 0 aliphatic heterocycles. The normalized spacial score (nSPS) is 12.1. The number of rotatable bonds is 4. The van der Waals surface area contributed by atoms with E-state index in [-0.39, 0.29) is 5.04 Å². The zero-order valence-corrected chi connectivity index (χ0v) is 12.4. The van der Waals surface area contributed by atoms with Crippen LogP contribution in [0, 0.1) is 11.8 Å². The first-order chi connectivity index (χ1) is 6.81. The third kappa shape index (κ3) is 6.24. The Morgan fingerprint density at radius 2 is 1.67 bits per heavy atom. The summed E-state index contributed by atoms with van der Waals surface area (Å²) < 4.78 is 5.98. The lowest BCUT2D eigenvalue weighted by Crippen LogP contribution is -2.40. The quantitative estimate of drug-likeness (QED) is 0.315. The van der Waals surface area contributed by atoms with Gasteiger partial charge in [-0.1, -0.05) is 20.8 Å². The van der Waals surface area contributed by atoms with Crippen LogP contribution in [0.5, 0.6) is 0 Å². The van der Waals surface area contributed by atoms with Crippen LogP contribution in [0.3, 0.4) is 0 Å². The molecular weight excluding hydrogens is 224 g/mol. The third-order valence-corrected chi connectivity index (χ3v) is 7.57. The van der Waals surface area contributed by atoms with E-state index < -0.39 is 8.32 Å². The Labute approximate surface area is 101 Å². The van der Waals surface area contributed by atoms with E-state index in [1.807, 2.05) is 0 Å². The van der Waals surface area contributed by atoms with Crippen molar-refractivity contribution in [1.29, 1.82) is 0 Å². The summed E-state index contributed by atoms with van der Waals surface area (Å²) in [6.07, 6.45) is 1.60. The van der Waals surface area contributed by atoms with Gasteiger partial charge in [-0.15, -0.1) is 23.4 Å². The molecule has 0 aromatic rings. The molecule has 3 heteroatoms. The fraction of sp³-hybridized carbons (Fsp3) is 0.833. The van der Waals surface area contributed by atoms with E-state index in [9.17, 15) is 0 Å². The Hall–Kier alpha value is 0.0269. The van der Waals surface area contributed by atoms with Crippen molar-refractivity contribution < 1.29 is 4.43 Å². The predicted molar refractivity (Wildman–Crippen MR) is 70.9 cm³/mol. The Bertz CT molecular complexity index is 232. The van der Waals surface area contributed by atoms with E-state index in [0.29, 0.717) is 5.88 Å². The van der Waals surface area contributed by atoms with Crippen molar-refractivity contribution in [3.05, 3.63) is 0 Å². The highest BCUT2D eigenvalue weighted by Crippen LogP contribution is 2.36. The molecule has 0 radical (unpaired) electrons. The van der Waals surface area contributed by atoms with Crippen LogP contribution < -0.4 is 0 Å². The van der Waals surface area contributed by atoms with E-state index in [0.717, 1.165) is 19.4 Å². The molecule has 0 spiro atoms. The molecule has 0 rings (SSSR count). The minimum atomic E-state index is -1.57. The second-order valence-corrected chi connectivity index (χ2v) is 10.3. The maximum absolute atomic E-state index is 5.98. The average molecular weight is 247 g/mol. The van der Waals surface area contributed by atoms with Crippen molar-refractivity contribution in [2.24, 2.45) is 0 Å². The average Bonchev–Trinajstić information content (AvgIpc) is 2.09. The summed E-state index contributed by atoms with van der Waals surface area (Å²) in [5.74, 6) is 6.71. The molecule has 88 valence electrons. The number of hydrogen-bond donors (Lipinski definition) is 0. The molecule has 0 bridgehead atoms. The SMILES string of the molecule is CC(C)(C)[Si](C)(C)OCCC#CCCCl. The first kappa shape index (κ1) is 15.0. The predicted octanol–water partition coefficient (Wildman–Crippen LogP) is 4.03. The van der Waals surface area contributed by atoms with E-state index >= 15 is 0 Å². The third-order valence-electron chi connectivity index (χ3n) is 2.84.